The van der Waals surface area contributed by atoms with Crippen LogP contribution in [0.2, 0.25) is 0 Å². The molecular formula is C19H35N5O7S. The first kappa shape index (κ1) is 29.6. The van der Waals surface area contributed by atoms with Gasteiger partial charge in [0.2, 0.25) is 17.7 Å². The van der Waals surface area contributed by atoms with Gasteiger partial charge in [-0.05, 0) is 38.1 Å². The van der Waals surface area contributed by atoms with Crippen molar-refractivity contribution in [1.82, 2.24) is 16.0 Å². The van der Waals surface area contributed by atoms with E-state index in [-0.39, 0.29) is 18.1 Å². The number of carbonyl (C=O) groups is 5. The lowest BCUT2D eigenvalue weighted by molar-refractivity contribution is -0.143. The van der Waals surface area contributed by atoms with Gasteiger partial charge in [0.1, 0.15) is 18.1 Å². The Kier molecular flexibility index (Phi) is 14.3. The normalized spacial score (nSPS) is 14.7. The van der Waals surface area contributed by atoms with Gasteiger partial charge in [-0.15, -0.1) is 0 Å². The average molecular weight is 478 g/mol. The minimum absolute atomic E-state index is 0.151. The number of nitrogens with one attached hydrogen (secondary N) is 3. The molecule has 0 rings (SSSR count). The summed E-state index contributed by atoms with van der Waals surface area (Å²) < 4.78 is 0. The van der Waals surface area contributed by atoms with E-state index >= 15 is 0 Å². The fourth-order valence-electron chi connectivity index (χ4n) is 2.77. The molecule has 0 aromatic rings. The Morgan fingerprint density at radius 3 is 1.88 bits per heavy atom. The lowest BCUT2D eigenvalue weighted by atomic mass is 10.0. The van der Waals surface area contributed by atoms with Crippen molar-refractivity contribution >= 4 is 42.3 Å². The highest BCUT2D eigenvalue weighted by Crippen LogP contribution is 2.07. The molecule has 32 heavy (non-hydrogen) atoms. The largest absolute Gasteiger partial charge is 0.481 e. The van der Waals surface area contributed by atoms with Crippen molar-refractivity contribution in [3.63, 3.8) is 0 Å². The number of thiol groups is 1. The second kappa shape index (κ2) is 15.4. The molecule has 0 saturated heterocycles. The zero-order valence-electron chi connectivity index (χ0n) is 18.4. The average Bonchev–Trinajstić information content (AvgIpc) is 2.69. The Bertz CT molecular complexity index is 662. The lowest BCUT2D eigenvalue weighted by Gasteiger charge is -2.24. The number of unbranched alkanes of at least 4 members (excludes halogenated alkanes) is 1. The van der Waals surface area contributed by atoms with E-state index in [9.17, 15) is 24.0 Å². The van der Waals surface area contributed by atoms with Gasteiger partial charge >= 0.3 is 11.9 Å². The van der Waals surface area contributed by atoms with Crippen molar-refractivity contribution in [2.24, 2.45) is 17.4 Å². The van der Waals surface area contributed by atoms with Crippen LogP contribution in [0.3, 0.4) is 0 Å². The molecule has 13 heteroatoms. The van der Waals surface area contributed by atoms with Crippen LogP contribution in [0.25, 0.3) is 0 Å². The SMILES string of the molecule is CC(C)CC(N)C(=O)NC(CCCCN)C(=O)NC(CC(=O)O)C(=O)NC(CS)C(=O)O. The molecule has 0 aromatic carbocycles. The van der Waals surface area contributed by atoms with Gasteiger partial charge in [-0.1, -0.05) is 13.8 Å². The van der Waals surface area contributed by atoms with Crippen LogP contribution in [0.15, 0.2) is 0 Å². The number of carboxylic acid groups (broad SMARTS) is 2. The van der Waals surface area contributed by atoms with Crippen LogP contribution in [0.4, 0.5) is 0 Å². The standard InChI is InChI=1S/C19H35N5O7S/c1-10(2)7-11(21)16(27)22-12(5-3-4-6-20)17(28)23-13(8-15(25)26)18(29)24-14(9-32)19(30)31/h10-14,32H,3-9,20-21H2,1-2H3,(H,22,27)(H,23,28)(H,24,29)(H,25,26)(H,30,31). The van der Waals surface area contributed by atoms with Crippen molar-refractivity contribution in [3.8, 4) is 0 Å². The summed E-state index contributed by atoms with van der Waals surface area (Å²) in [6, 6.07) is -4.84. The van der Waals surface area contributed by atoms with E-state index in [1.165, 1.54) is 0 Å². The topological polar surface area (TPSA) is 214 Å². The van der Waals surface area contributed by atoms with Crippen LogP contribution in [-0.4, -0.2) is 76.3 Å². The predicted octanol–water partition coefficient (Wildman–Crippen LogP) is -1.57. The van der Waals surface area contributed by atoms with E-state index < -0.39 is 60.2 Å². The Hall–Kier alpha value is -2.38. The first-order chi connectivity index (χ1) is 14.9. The highest BCUT2D eigenvalue weighted by Gasteiger charge is 2.31. The molecule has 0 heterocycles. The molecule has 0 aliphatic rings. The number of rotatable bonds is 16. The maximum Gasteiger partial charge on any atom is 0.327 e. The first-order valence-electron chi connectivity index (χ1n) is 10.3. The van der Waals surface area contributed by atoms with Gasteiger partial charge in [-0.3, -0.25) is 19.2 Å². The van der Waals surface area contributed by atoms with Crippen LogP contribution >= 0.6 is 12.6 Å². The van der Waals surface area contributed by atoms with Crippen LogP contribution < -0.4 is 27.4 Å². The number of hydrogen-bond acceptors (Lipinski definition) is 8. The predicted molar refractivity (Wildman–Crippen MR) is 120 cm³/mol. The number of amides is 3. The lowest BCUT2D eigenvalue weighted by Crippen LogP contribution is -2.57. The molecule has 12 nitrogen and oxygen atoms in total. The Morgan fingerprint density at radius 2 is 1.41 bits per heavy atom. The van der Waals surface area contributed by atoms with Gasteiger partial charge < -0.3 is 37.6 Å². The third-order valence-corrected chi connectivity index (χ3v) is 4.82. The Morgan fingerprint density at radius 1 is 0.875 bits per heavy atom. The van der Waals surface area contributed by atoms with E-state index in [4.69, 9.17) is 21.7 Å². The summed E-state index contributed by atoms with van der Waals surface area (Å²) in [5.41, 5.74) is 11.3. The van der Waals surface area contributed by atoms with Crippen molar-refractivity contribution in [2.45, 2.75) is 70.1 Å². The van der Waals surface area contributed by atoms with Gasteiger partial charge in [0.05, 0.1) is 12.5 Å². The third-order valence-electron chi connectivity index (χ3n) is 4.45. The molecule has 0 saturated carbocycles. The Labute approximate surface area is 192 Å². The molecular weight excluding hydrogens is 442 g/mol. The zero-order valence-corrected chi connectivity index (χ0v) is 19.3. The number of carbonyl (C=O) groups excluding carboxylic acids is 3. The highest BCUT2D eigenvalue weighted by atomic mass is 32.1. The van der Waals surface area contributed by atoms with E-state index in [0.717, 1.165) is 0 Å². The molecule has 0 spiro atoms. The first-order valence-corrected chi connectivity index (χ1v) is 11.0. The number of hydrogen-bond donors (Lipinski definition) is 8. The Balaban J connectivity index is 5.42. The molecule has 4 atom stereocenters. The van der Waals surface area contributed by atoms with Gasteiger partial charge in [0.25, 0.3) is 0 Å². The molecule has 0 aliphatic carbocycles. The van der Waals surface area contributed by atoms with E-state index in [1.54, 1.807) is 0 Å². The van der Waals surface area contributed by atoms with E-state index in [1.807, 2.05) is 13.8 Å². The minimum Gasteiger partial charge on any atom is -0.481 e. The quantitative estimate of drug-likeness (QED) is 0.0950. The number of aliphatic carboxylic acids is 2. The fraction of sp³-hybridized carbons (Fsp3) is 0.737. The van der Waals surface area contributed by atoms with Gasteiger partial charge in [0.15, 0.2) is 0 Å². The molecule has 184 valence electrons. The summed E-state index contributed by atoms with van der Waals surface area (Å²) in [4.78, 5) is 59.9. The maximum absolute atomic E-state index is 12.8. The minimum atomic E-state index is -1.56. The van der Waals surface area contributed by atoms with E-state index in [2.05, 4.69) is 28.6 Å². The molecule has 3 amide bonds. The second-order valence-electron chi connectivity index (χ2n) is 7.82. The molecule has 9 N–H and O–H groups in total. The highest BCUT2D eigenvalue weighted by molar-refractivity contribution is 7.80. The van der Waals surface area contributed by atoms with Crippen LogP contribution in [-0.2, 0) is 24.0 Å². The summed E-state index contributed by atoms with van der Waals surface area (Å²) >= 11 is 3.83. The van der Waals surface area contributed by atoms with Gasteiger partial charge in [-0.2, -0.15) is 12.6 Å². The third kappa shape index (κ3) is 11.9. The monoisotopic (exact) mass is 477 g/mol. The molecule has 0 aromatic heterocycles. The van der Waals surface area contributed by atoms with Crippen LogP contribution in [0, 0.1) is 5.92 Å². The summed E-state index contributed by atoms with van der Waals surface area (Å²) in [7, 11) is 0. The van der Waals surface area contributed by atoms with Crippen LogP contribution in [0.5, 0.6) is 0 Å². The van der Waals surface area contributed by atoms with Gasteiger partial charge in [0, 0.05) is 5.75 Å². The maximum atomic E-state index is 12.8. The van der Waals surface area contributed by atoms with Crippen molar-refractivity contribution in [1.29, 1.82) is 0 Å². The molecule has 4 unspecified atom stereocenters. The molecule has 0 aliphatic heterocycles. The van der Waals surface area contributed by atoms with Crippen molar-refractivity contribution < 1.29 is 34.2 Å². The number of carboxylic acids is 2. The molecule has 0 bridgehead atoms. The van der Waals surface area contributed by atoms with Crippen molar-refractivity contribution in [2.75, 3.05) is 12.3 Å². The van der Waals surface area contributed by atoms with Crippen LogP contribution in [0.1, 0.15) is 46.0 Å². The molecule has 0 fully saturated rings. The summed E-state index contributed by atoms with van der Waals surface area (Å²) in [6.45, 7) is 4.16. The van der Waals surface area contributed by atoms with E-state index in [0.29, 0.717) is 25.8 Å². The molecule has 0 radical (unpaired) electrons. The number of nitrogens with two attached hydrogens (primary N) is 2. The fourth-order valence-corrected chi connectivity index (χ4v) is 3.02. The summed E-state index contributed by atoms with van der Waals surface area (Å²) in [6.07, 6.45) is 0.878. The summed E-state index contributed by atoms with van der Waals surface area (Å²) in [5.74, 6) is -5.16. The zero-order chi connectivity index (χ0) is 24.8. The smallest absolute Gasteiger partial charge is 0.327 e. The summed E-state index contributed by atoms with van der Waals surface area (Å²) in [5, 5.41) is 25.1. The van der Waals surface area contributed by atoms with Crippen molar-refractivity contribution in [3.05, 3.63) is 0 Å². The second-order valence-corrected chi connectivity index (χ2v) is 8.19. The van der Waals surface area contributed by atoms with Gasteiger partial charge in [-0.25, -0.2) is 4.79 Å².